The SMILES string of the molecule is Cc1cc(Br)c(NCc2cccc(Br)c2O)cc1[N+](=O)[O-]. The maximum atomic E-state index is 11.0. The molecule has 5 nitrogen and oxygen atoms in total. The van der Waals surface area contributed by atoms with Crippen molar-refractivity contribution in [1.29, 1.82) is 0 Å². The lowest BCUT2D eigenvalue weighted by Gasteiger charge is -2.11. The lowest BCUT2D eigenvalue weighted by atomic mass is 10.1. The molecule has 0 saturated carbocycles. The van der Waals surface area contributed by atoms with Crippen molar-refractivity contribution in [3.63, 3.8) is 0 Å². The van der Waals surface area contributed by atoms with E-state index in [9.17, 15) is 15.2 Å². The smallest absolute Gasteiger partial charge is 0.274 e. The topological polar surface area (TPSA) is 75.4 Å². The molecule has 0 radical (unpaired) electrons. The van der Waals surface area contributed by atoms with Crippen molar-refractivity contribution in [2.45, 2.75) is 13.5 Å². The van der Waals surface area contributed by atoms with Crippen LogP contribution in [0.2, 0.25) is 0 Å². The van der Waals surface area contributed by atoms with E-state index in [0.717, 1.165) is 4.47 Å². The number of phenols is 1. The van der Waals surface area contributed by atoms with Gasteiger partial charge >= 0.3 is 0 Å². The van der Waals surface area contributed by atoms with Crippen LogP contribution in [0, 0.1) is 17.0 Å². The summed E-state index contributed by atoms with van der Waals surface area (Å²) in [6, 6.07) is 8.51. The number of nitrogens with zero attached hydrogens (tertiary/aromatic N) is 1. The molecule has 0 aliphatic carbocycles. The average molecular weight is 416 g/mol. The van der Waals surface area contributed by atoms with Gasteiger partial charge in [-0.05, 0) is 50.9 Å². The maximum Gasteiger partial charge on any atom is 0.274 e. The van der Waals surface area contributed by atoms with Crippen molar-refractivity contribution in [3.05, 3.63) is 60.5 Å². The van der Waals surface area contributed by atoms with Gasteiger partial charge in [-0.3, -0.25) is 10.1 Å². The fraction of sp³-hybridized carbons (Fsp3) is 0.143. The Morgan fingerprint density at radius 1 is 1.29 bits per heavy atom. The summed E-state index contributed by atoms with van der Waals surface area (Å²) in [7, 11) is 0. The monoisotopic (exact) mass is 414 g/mol. The number of nitro benzene ring substituents is 1. The summed E-state index contributed by atoms with van der Waals surface area (Å²) in [5, 5.41) is 24.0. The van der Waals surface area contributed by atoms with Gasteiger partial charge in [0.2, 0.25) is 0 Å². The molecule has 0 spiro atoms. The summed E-state index contributed by atoms with van der Waals surface area (Å²) >= 11 is 6.63. The minimum Gasteiger partial charge on any atom is -0.506 e. The van der Waals surface area contributed by atoms with E-state index in [4.69, 9.17) is 0 Å². The number of hydrogen-bond acceptors (Lipinski definition) is 4. The Morgan fingerprint density at radius 2 is 2.00 bits per heavy atom. The Balaban J connectivity index is 2.26. The molecule has 0 fully saturated rings. The molecule has 110 valence electrons. The highest BCUT2D eigenvalue weighted by atomic mass is 79.9. The Labute approximate surface area is 138 Å². The van der Waals surface area contributed by atoms with E-state index in [-0.39, 0.29) is 11.4 Å². The third-order valence-electron chi connectivity index (χ3n) is 3.02. The third kappa shape index (κ3) is 3.54. The van der Waals surface area contributed by atoms with Crippen molar-refractivity contribution in [1.82, 2.24) is 0 Å². The molecule has 2 rings (SSSR count). The normalized spacial score (nSPS) is 10.4. The first-order valence-electron chi connectivity index (χ1n) is 6.05. The molecule has 2 aromatic carbocycles. The van der Waals surface area contributed by atoms with E-state index < -0.39 is 4.92 Å². The van der Waals surface area contributed by atoms with Crippen LogP contribution in [0.5, 0.6) is 5.75 Å². The number of para-hydroxylation sites is 1. The van der Waals surface area contributed by atoms with Gasteiger partial charge in [-0.15, -0.1) is 0 Å². The second-order valence-corrected chi connectivity index (χ2v) is 6.19. The molecule has 2 N–H and O–H groups in total. The predicted molar refractivity (Wildman–Crippen MR) is 88.7 cm³/mol. The molecule has 0 aliphatic heterocycles. The van der Waals surface area contributed by atoms with Crippen LogP contribution < -0.4 is 5.32 Å². The van der Waals surface area contributed by atoms with Crippen molar-refractivity contribution in [2.75, 3.05) is 5.32 Å². The minimum absolute atomic E-state index is 0.0548. The highest BCUT2D eigenvalue weighted by molar-refractivity contribution is 9.11. The van der Waals surface area contributed by atoms with E-state index in [0.29, 0.717) is 27.8 Å². The number of hydrogen-bond donors (Lipinski definition) is 2. The standard InChI is InChI=1S/C14H12Br2N2O3/c1-8-5-11(16)12(6-13(8)18(20)21)17-7-9-3-2-4-10(15)14(9)19/h2-6,17,19H,7H2,1H3. The van der Waals surface area contributed by atoms with E-state index in [1.54, 1.807) is 25.1 Å². The molecule has 0 saturated heterocycles. The zero-order valence-corrected chi connectivity index (χ0v) is 14.2. The van der Waals surface area contributed by atoms with E-state index in [1.165, 1.54) is 6.07 Å². The van der Waals surface area contributed by atoms with Gasteiger partial charge in [0.05, 0.1) is 15.1 Å². The molecular weight excluding hydrogens is 404 g/mol. The number of phenolic OH excluding ortho intramolecular Hbond substituents is 1. The highest BCUT2D eigenvalue weighted by Crippen LogP contribution is 2.32. The summed E-state index contributed by atoms with van der Waals surface area (Å²) in [4.78, 5) is 10.6. The molecular formula is C14H12Br2N2O3. The van der Waals surface area contributed by atoms with Crippen molar-refractivity contribution < 1.29 is 10.0 Å². The zero-order chi connectivity index (χ0) is 15.6. The fourth-order valence-electron chi connectivity index (χ4n) is 1.89. The molecule has 0 aromatic heterocycles. The van der Waals surface area contributed by atoms with E-state index in [1.807, 2.05) is 6.07 Å². The molecule has 0 atom stereocenters. The van der Waals surface area contributed by atoms with Gasteiger partial charge in [-0.2, -0.15) is 0 Å². The molecule has 0 heterocycles. The first-order chi connectivity index (χ1) is 9.90. The largest absolute Gasteiger partial charge is 0.506 e. The third-order valence-corrected chi connectivity index (χ3v) is 4.32. The number of nitrogens with one attached hydrogen (secondary N) is 1. The number of benzene rings is 2. The van der Waals surface area contributed by atoms with Crippen LogP contribution in [0.15, 0.2) is 39.3 Å². The Bertz CT molecular complexity index is 705. The summed E-state index contributed by atoms with van der Waals surface area (Å²) in [5.41, 5.74) is 1.94. The van der Waals surface area contributed by atoms with Crippen LogP contribution in [0.3, 0.4) is 0 Å². The predicted octanol–water partition coefficient (Wildman–Crippen LogP) is 4.75. The second-order valence-electron chi connectivity index (χ2n) is 4.48. The molecule has 7 heteroatoms. The number of rotatable bonds is 4. The van der Waals surface area contributed by atoms with Gasteiger partial charge in [0.25, 0.3) is 5.69 Å². The van der Waals surface area contributed by atoms with Gasteiger partial charge in [0, 0.05) is 28.2 Å². The van der Waals surface area contributed by atoms with Crippen LogP contribution >= 0.6 is 31.9 Å². The molecule has 0 aliphatic rings. The van der Waals surface area contributed by atoms with Crippen LogP contribution in [-0.2, 0) is 6.54 Å². The van der Waals surface area contributed by atoms with Crippen LogP contribution in [0.25, 0.3) is 0 Å². The summed E-state index contributed by atoms with van der Waals surface area (Å²) in [6.45, 7) is 2.04. The van der Waals surface area contributed by atoms with E-state index in [2.05, 4.69) is 37.2 Å². The number of anilines is 1. The second kappa shape index (κ2) is 6.44. The molecule has 0 bridgehead atoms. The summed E-state index contributed by atoms with van der Waals surface area (Å²) in [5.74, 6) is 0.155. The number of aryl methyl sites for hydroxylation is 1. The highest BCUT2D eigenvalue weighted by Gasteiger charge is 2.14. The summed E-state index contributed by atoms with van der Waals surface area (Å²) < 4.78 is 1.34. The van der Waals surface area contributed by atoms with E-state index >= 15 is 0 Å². The Kier molecular flexibility index (Phi) is 4.84. The number of halogens is 2. The van der Waals surface area contributed by atoms with Crippen molar-refractivity contribution in [2.24, 2.45) is 0 Å². The first-order valence-corrected chi connectivity index (χ1v) is 7.63. The van der Waals surface area contributed by atoms with Gasteiger partial charge < -0.3 is 10.4 Å². The molecule has 21 heavy (non-hydrogen) atoms. The number of aromatic hydroxyl groups is 1. The summed E-state index contributed by atoms with van der Waals surface area (Å²) in [6.07, 6.45) is 0. The quantitative estimate of drug-likeness (QED) is 0.558. The first kappa shape index (κ1) is 15.8. The lowest BCUT2D eigenvalue weighted by Crippen LogP contribution is -2.02. The van der Waals surface area contributed by atoms with Crippen molar-refractivity contribution >= 4 is 43.2 Å². The zero-order valence-electron chi connectivity index (χ0n) is 11.1. The van der Waals surface area contributed by atoms with Gasteiger partial charge in [0.15, 0.2) is 0 Å². The van der Waals surface area contributed by atoms with Crippen LogP contribution in [0.4, 0.5) is 11.4 Å². The molecule has 0 unspecified atom stereocenters. The Hall–Kier alpha value is -1.60. The maximum absolute atomic E-state index is 11.0. The average Bonchev–Trinajstić information content (AvgIpc) is 2.41. The number of nitro groups is 1. The van der Waals surface area contributed by atoms with Crippen LogP contribution in [0.1, 0.15) is 11.1 Å². The molecule has 2 aromatic rings. The van der Waals surface area contributed by atoms with Gasteiger partial charge in [-0.25, -0.2) is 0 Å². The fourth-order valence-corrected chi connectivity index (χ4v) is 2.89. The van der Waals surface area contributed by atoms with Crippen LogP contribution in [-0.4, -0.2) is 10.0 Å². The van der Waals surface area contributed by atoms with Gasteiger partial charge in [0.1, 0.15) is 5.75 Å². The Morgan fingerprint density at radius 3 is 2.67 bits per heavy atom. The minimum atomic E-state index is -0.413. The van der Waals surface area contributed by atoms with Gasteiger partial charge in [-0.1, -0.05) is 12.1 Å². The van der Waals surface area contributed by atoms with Crippen molar-refractivity contribution in [3.8, 4) is 5.75 Å². The lowest BCUT2D eigenvalue weighted by molar-refractivity contribution is -0.385. The molecule has 0 amide bonds.